The highest BCUT2D eigenvalue weighted by atomic mass is 16.1. The smallest absolute Gasteiger partial charge is 0.271 e. The minimum atomic E-state index is -0.158. The molecule has 1 aromatic carbocycles. The molecule has 5 heteroatoms. The van der Waals surface area contributed by atoms with Crippen LogP contribution in [0.1, 0.15) is 54.6 Å². The van der Waals surface area contributed by atoms with Gasteiger partial charge < -0.3 is 10.6 Å². The number of amides is 1. The Balaban J connectivity index is 1.36. The fraction of sp³-hybridized carbons (Fsp3) is 0.409. The van der Waals surface area contributed by atoms with Gasteiger partial charge in [0.2, 0.25) is 0 Å². The molecule has 1 aliphatic rings. The van der Waals surface area contributed by atoms with Crippen molar-refractivity contribution < 1.29 is 4.79 Å². The highest BCUT2D eigenvalue weighted by Crippen LogP contribution is 2.19. The van der Waals surface area contributed by atoms with Gasteiger partial charge >= 0.3 is 0 Å². The monoisotopic (exact) mass is 364 g/mol. The Morgan fingerprint density at radius 3 is 2.59 bits per heavy atom. The number of carbonyl (C=O) groups is 1. The van der Waals surface area contributed by atoms with E-state index in [2.05, 4.69) is 51.2 Å². The second kappa shape index (κ2) is 10.5. The molecule has 2 aromatic rings. The normalized spacial score (nSPS) is 13.7. The second-order valence-corrected chi connectivity index (χ2v) is 6.93. The first-order valence-electron chi connectivity index (χ1n) is 9.89. The van der Waals surface area contributed by atoms with Crippen LogP contribution < -0.4 is 10.6 Å². The maximum atomic E-state index is 12.2. The first-order valence-corrected chi connectivity index (χ1v) is 9.89. The molecule has 0 bridgehead atoms. The zero-order valence-electron chi connectivity index (χ0n) is 15.8. The maximum Gasteiger partial charge on any atom is 0.271 e. The molecular weight excluding hydrogens is 336 g/mol. The third kappa shape index (κ3) is 6.51. The first-order chi connectivity index (χ1) is 13.3. The van der Waals surface area contributed by atoms with Gasteiger partial charge in [0, 0.05) is 13.1 Å². The molecule has 2 N–H and O–H groups in total. The lowest BCUT2D eigenvalue weighted by atomic mass is 9.97. The molecule has 0 aliphatic heterocycles. The summed E-state index contributed by atoms with van der Waals surface area (Å²) in [7, 11) is 0. The third-order valence-corrected chi connectivity index (χ3v) is 4.81. The predicted octanol–water partition coefficient (Wildman–Crippen LogP) is 4.14. The van der Waals surface area contributed by atoms with Crippen LogP contribution in [-0.2, 0) is 6.42 Å². The van der Waals surface area contributed by atoms with E-state index in [9.17, 15) is 4.79 Å². The van der Waals surface area contributed by atoms with E-state index in [-0.39, 0.29) is 5.91 Å². The molecule has 3 rings (SSSR count). The average Bonchev–Trinajstić information content (AvgIpc) is 2.73. The van der Waals surface area contributed by atoms with E-state index in [1.165, 1.54) is 36.8 Å². The van der Waals surface area contributed by atoms with Gasteiger partial charge in [-0.3, -0.25) is 4.79 Å². The standard InChI is InChI=1S/C22H28N4O/c27-22(24-17-15-19-10-5-2-6-11-19)20-13-14-21(26-25-20)23-16-7-12-18-8-3-1-4-9-18/h1,3-4,8-10,13-14H,2,5-7,11-12,15-17H2,(H,23,26)(H,24,27). The van der Waals surface area contributed by atoms with Gasteiger partial charge in [-0.2, -0.15) is 0 Å². The number of hydrogen-bond acceptors (Lipinski definition) is 4. The van der Waals surface area contributed by atoms with Crippen molar-refractivity contribution in [3.63, 3.8) is 0 Å². The number of aromatic nitrogens is 2. The molecule has 0 saturated carbocycles. The van der Waals surface area contributed by atoms with Crippen molar-refractivity contribution in [3.05, 3.63) is 65.4 Å². The van der Waals surface area contributed by atoms with Crippen molar-refractivity contribution in [2.45, 2.75) is 44.9 Å². The fourth-order valence-corrected chi connectivity index (χ4v) is 3.26. The summed E-state index contributed by atoms with van der Waals surface area (Å²) in [5.74, 6) is 0.543. The Morgan fingerprint density at radius 2 is 1.85 bits per heavy atom. The molecule has 1 heterocycles. The van der Waals surface area contributed by atoms with Crippen molar-refractivity contribution >= 4 is 11.7 Å². The van der Waals surface area contributed by atoms with Gasteiger partial charge in [-0.1, -0.05) is 42.0 Å². The van der Waals surface area contributed by atoms with Crippen LogP contribution in [0.5, 0.6) is 0 Å². The Hall–Kier alpha value is -2.69. The molecule has 5 nitrogen and oxygen atoms in total. The minimum absolute atomic E-state index is 0.158. The van der Waals surface area contributed by atoms with Crippen LogP contribution in [0.25, 0.3) is 0 Å². The molecule has 0 fully saturated rings. The molecule has 0 unspecified atom stereocenters. The molecule has 1 aliphatic carbocycles. The molecule has 0 atom stereocenters. The number of benzene rings is 1. The number of nitrogens with zero attached hydrogens (tertiary/aromatic N) is 2. The van der Waals surface area contributed by atoms with Crippen molar-refractivity contribution in [1.29, 1.82) is 0 Å². The van der Waals surface area contributed by atoms with Crippen molar-refractivity contribution in [1.82, 2.24) is 15.5 Å². The lowest BCUT2D eigenvalue weighted by Gasteiger charge is -2.12. The highest BCUT2D eigenvalue weighted by Gasteiger charge is 2.09. The summed E-state index contributed by atoms with van der Waals surface area (Å²) in [5, 5.41) is 14.3. The molecule has 0 radical (unpaired) electrons. The molecule has 27 heavy (non-hydrogen) atoms. The predicted molar refractivity (Wildman–Crippen MR) is 109 cm³/mol. The van der Waals surface area contributed by atoms with Gasteiger partial charge in [0.15, 0.2) is 5.69 Å². The lowest BCUT2D eigenvalue weighted by Crippen LogP contribution is -2.26. The molecule has 142 valence electrons. The summed E-state index contributed by atoms with van der Waals surface area (Å²) in [6.07, 6.45) is 10.2. The summed E-state index contributed by atoms with van der Waals surface area (Å²) in [5.41, 5.74) is 3.16. The number of nitrogens with one attached hydrogen (secondary N) is 2. The van der Waals surface area contributed by atoms with E-state index in [4.69, 9.17) is 0 Å². The summed E-state index contributed by atoms with van der Waals surface area (Å²) < 4.78 is 0. The number of rotatable bonds is 9. The SMILES string of the molecule is O=C(NCCC1=CCCCC1)c1ccc(NCCCc2ccccc2)nn1. The van der Waals surface area contributed by atoms with E-state index in [0.29, 0.717) is 18.1 Å². The van der Waals surface area contributed by atoms with Crippen LogP contribution in [0.15, 0.2) is 54.1 Å². The topological polar surface area (TPSA) is 66.9 Å². The summed E-state index contributed by atoms with van der Waals surface area (Å²) in [6, 6.07) is 14.0. The van der Waals surface area contributed by atoms with Crippen molar-refractivity contribution in [2.75, 3.05) is 18.4 Å². The van der Waals surface area contributed by atoms with E-state index in [1.807, 2.05) is 12.1 Å². The summed E-state index contributed by atoms with van der Waals surface area (Å²) >= 11 is 0. The van der Waals surface area contributed by atoms with Gasteiger partial charge in [0.05, 0.1) is 0 Å². The van der Waals surface area contributed by atoms with Crippen LogP contribution in [0.2, 0.25) is 0 Å². The average molecular weight is 364 g/mol. The van der Waals surface area contributed by atoms with Crippen molar-refractivity contribution in [3.8, 4) is 0 Å². The van der Waals surface area contributed by atoms with Gasteiger partial charge in [0.1, 0.15) is 5.82 Å². The quantitative estimate of drug-likeness (QED) is 0.518. The van der Waals surface area contributed by atoms with Gasteiger partial charge in [-0.25, -0.2) is 0 Å². The van der Waals surface area contributed by atoms with Gasteiger partial charge in [0.25, 0.3) is 5.91 Å². The van der Waals surface area contributed by atoms with E-state index in [0.717, 1.165) is 25.8 Å². The van der Waals surface area contributed by atoms with Crippen LogP contribution in [-0.4, -0.2) is 29.2 Å². The molecule has 0 spiro atoms. The third-order valence-electron chi connectivity index (χ3n) is 4.81. The van der Waals surface area contributed by atoms with Crippen LogP contribution >= 0.6 is 0 Å². The van der Waals surface area contributed by atoms with E-state index >= 15 is 0 Å². The number of carbonyl (C=O) groups excluding carboxylic acids is 1. The lowest BCUT2D eigenvalue weighted by molar-refractivity contribution is 0.0948. The Morgan fingerprint density at radius 1 is 0.963 bits per heavy atom. The van der Waals surface area contributed by atoms with Crippen LogP contribution in [0.4, 0.5) is 5.82 Å². The maximum absolute atomic E-state index is 12.2. The number of hydrogen-bond donors (Lipinski definition) is 2. The zero-order chi connectivity index (χ0) is 18.7. The Labute approximate surface area is 161 Å². The van der Waals surface area contributed by atoms with E-state index in [1.54, 1.807) is 6.07 Å². The number of allylic oxidation sites excluding steroid dienone is 1. The molecule has 0 saturated heterocycles. The van der Waals surface area contributed by atoms with Crippen LogP contribution in [0, 0.1) is 0 Å². The van der Waals surface area contributed by atoms with E-state index < -0.39 is 0 Å². The zero-order valence-corrected chi connectivity index (χ0v) is 15.8. The molecule has 1 amide bonds. The number of anilines is 1. The van der Waals surface area contributed by atoms with Gasteiger partial charge in [-0.05, 0) is 62.6 Å². The van der Waals surface area contributed by atoms with Gasteiger partial charge in [-0.15, -0.1) is 10.2 Å². The molecular formula is C22H28N4O. The van der Waals surface area contributed by atoms with Crippen molar-refractivity contribution in [2.24, 2.45) is 0 Å². The first kappa shape index (κ1) is 19.1. The van der Waals surface area contributed by atoms with Crippen LogP contribution in [0.3, 0.4) is 0 Å². The largest absolute Gasteiger partial charge is 0.369 e. The number of aryl methyl sites for hydroxylation is 1. The fourth-order valence-electron chi connectivity index (χ4n) is 3.26. The summed E-state index contributed by atoms with van der Waals surface area (Å²) in [4.78, 5) is 12.2. The summed E-state index contributed by atoms with van der Waals surface area (Å²) in [6.45, 7) is 1.48. The Bertz CT molecular complexity index is 741. The highest BCUT2D eigenvalue weighted by molar-refractivity contribution is 5.92. The molecule has 1 aromatic heterocycles. The second-order valence-electron chi connectivity index (χ2n) is 6.93. The Kier molecular flexibility index (Phi) is 7.39. The minimum Gasteiger partial charge on any atom is -0.369 e.